The van der Waals surface area contributed by atoms with Gasteiger partial charge in [0.2, 0.25) is 5.88 Å². The lowest BCUT2D eigenvalue weighted by Gasteiger charge is -2.31. The van der Waals surface area contributed by atoms with E-state index in [0.29, 0.717) is 11.3 Å². The summed E-state index contributed by atoms with van der Waals surface area (Å²) < 4.78 is 11.2. The maximum absolute atomic E-state index is 9.99. The van der Waals surface area contributed by atoms with E-state index < -0.39 is 0 Å². The number of allylic oxidation sites excluding steroid dienone is 1. The molecule has 0 saturated carbocycles. The van der Waals surface area contributed by atoms with Gasteiger partial charge in [0.05, 0.1) is 19.4 Å². The van der Waals surface area contributed by atoms with Crippen LogP contribution < -0.4 is 9.47 Å². The summed E-state index contributed by atoms with van der Waals surface area (Å²) in [5, 5.41) is 19.9. The van der Waals surface area contributed by atoms with Gasteiger partial charge in [0.25, 0.3) is 0 Å². The summed E-state index contributed by atoms with van der Waals surface area (Å²) in [5.74, 6) is 1.26. The number of ether oxygens (including phenoxy) is 2. The lowest BCUT2D eigenvalue weighted by molar-refractivity contribution is 0.219. The molecule has 7 nitrogen and oxygen atoms in total. The highest BCUT2D eigenvalue weighted by Gasteiger charge is 2.32. The minimum absolute atomic E-state index is 0.102. The quantitative estimate of drug-likeness (QED) is 0.623. The molecule has 1 fully saturated rings. The fourth-order valence-electron chi connectivity index (χ4n) is 3.71. The van der Waals surface area contributed by atoms with Crippen molar-refractivity contribution in [2.45, 2.75) is 5.92 Å². The van der Waals surface area contributed by atoms with E-state index in [0.717, 1.165) is 43.1 Å². The number of aliphatic imine (C=N–C) groups is 1. The summed E-state index contributed by atoms with van der Waals surface area (Å²) in [4.78, 5) is 8.91. The molecule has 0 aliphatic carbocycles. The van der Waals surface area contributed by atoms with Gasteiger partial charge in [0, 0.05) is 37.8 Å². The number of hydrogen-bond donors (Lipinski definition) is 1. The number of nitrogens with zero attached hydrogens (tertiary/aromatic N) is 4. The number of hydrogen-bond acceptors (Lipinski definition) is 6. The molecule has 0 bridgehead atoms. The van der Waals surface area contributed by atoms with Crippen molar-refractivity contribution in [1.82, 2.24) is 9.80 Å². The van der Waals surface area contributed by atoms with Crippen molar-refractivity contribution in [1.29, 1.82) is 5.26 Å². The lowest BCUT2D eigenvalue weighted by Crippen LogP contribution is -2.43. The first-order valence-electron chi connectivity index (χ1n) is 9.85. The van der Waals surface area contributed by atoms with Crippen molar-refractivity contribution < 1.29 is 14.6 Å². The molecule has 2 heterocycles. The van der Waals surface area contributed by atoms with Crippen LogP contribution in [0.3, 0.4) is 0 Å². The largest absolute Gasteiger partial charge is 0.508 e. The van der Waals surface area contributed by atoms with Gasteiger partial charge >= 0.3 is 0 Å². The van der Waals surface area contributed by atoms with E-state index in [-0.39, 0.29) is 17.6 Å². The van der Waals surface area contributed by atoms with E-state index in [1.165, 1.54) is 0 Å². The molecule has 0 radical (unpaired) electrons. The fraction of sp³-hybridized carbons (Fsp3) is 0.304. The molecule has 0 spiro atoms. The van der Waals surface area contributed by atoms with Crippen LogP contribution in [0.15, 0.2) is 58.9 Å². The molecular weight excluding hydrogens is 380 g/mol. The van der Waals surface area contributed by atoms with Gasteiger partial charge in [-0.05, 0) is 30.8 Å². The average Bonchev–Trinajstić information content (AvgIpc) is 2.77. The second-order valence-electron chi connectivity index (χ2n) is 7.44. The molecule has 2 aliphatic heterocycles. The molecule has 0 amide bonds. The summed E-state index contributed by atoms with van der Waals surface area (Å²) >= 11 is 0. The average molecular weight is 404 g/mol. The highest BCUT2D eigenvalue weighted by molar-refractivity contribution is 5.61. The van der Waals surface area contributed by atoms with E-state index in [1.807, 2.05) is 24.3 Å². The summed E-state index contributed by atoms with van der Waals surface area (Å²) in [6, 6.07) is 14.9. The number of phenolic OH excluding ortho intramolecular Hbond substituents is 1. The van der Waals surface area contributed by atoms with Crippen molar-refractivity contribution in [3.63, 3.8) is 0 Å². The molecule has 154 valence electrons. The molecule has 0 unspecified atom stereocenters. The standard InChI is InChI=1S/C23H24N4O3/c1-26-9-11-27(12-10-26)15-25-23-20(14-24)22(16-3-6-18(29-2)7-4-16)19-8-5-17(28)13-21(19)30-23/h3-8,13,15,22,28H,9-12H2,1-2H3/t22-/m1/s1. The molecule has 0 aromatic heterocycles. The Hall–Kier alpha value is -3.50. The Morgan fingerprint density at radius 2 is 1.90 bits per heavy atom. The maximum Gasteiger partial charge on any atom is 0.235 e. The van der Waals surface area contributed by atoms with E-state index in [4.69, 9.17) is 9.47 Å². The lowest BCUT2D eigenvalue weighted by atomic mass is 9.83. The molecule has 1 saturated heterocycles. The third-order valence-electron chi connectivity index (χ3n) is 5.48. The van der Waals surface area contributed by atoms with Crippen molar-refractivity contribution in [2.24, 2.45) is 4.99 Å². The van der Waals surface area contributed by atoms with Crippen molar-refractivity contribution >= 4 is 6.34 Å². The topological polar surface area (TPSA) is 81.3 Å². The molecule has 30 heavy (non-hydrogen) atoms. The summed E-state index contributed by atoms with van der Waals surface area (Å²) in [6.07, 6.45) is 1.75. The predicted octanol–water partition coefficient (Wildman–Crippen LogP) is 2.94. The third kappa shape index (κ3) is 3.95. The first-order chi connectivity index (χ1) is 14.6. The molecular formula is C23H24N4O3. The predicted molar refractivity (Wildman–Crippen MR) is 114 cm³/mol. The first kappa shape index (κ1) is 19.8. The summed E-state index contributed by atoms with van der Waals surface area (Å²) in [6.45, 7) is 3.66. The van der Waals surface area contributed by atoms with Gasteiger partial charge in [-0.2, -0.15) is 5.26 Å². The summed E-state index contributed by atoms with van der Waals surface area (Å²) in [7, 11) is 3.71. The van der Waals surface area contributed by atoms with Crippen LogP contribution in [0.1, 0.15) is 17.0 Å². The van der Waals surface area contributed by atoms with E-state index in [2.05, 4.69) is 27.9 Å². The van der Waals surface area contributed by atoms with Gasteiger partial charge in [0.15, 0.2) is 0 Å². The molecule has 4 rings (SSSR count). The van der Waals surface area contributed by atoms with E-state index in [9.17, 15) is 10.4 Å². The zero-order valence-corrected chi connectivity index (χ0v) is 17.1. The fourth-order valence-corrected chi connectivity index (χ4v) is 3.71. The Morgan fingerprint density at radius 3 is 2.57 bits per heavy atom. The minimum Gasteiger partial charge on any atom is -0.508 e. The Labute approximate surface area is 176 Å². The molecule has 1 N–H and O–H groups in total. The third-order valence-corrected chi connectivity index (χ3v) is 5.48. The number of likely N-dealkylation sites (N-methyl/N-ethyl adjacent to an activating group) is 1. The van der Waals surface area contributed by atoms with Gasteiger partial charge < -0.3 is 24.4 Å². The summed E-state index contributed by atoms with van der Waals surface area (Å²) in [5.41, 5.74) is 2.17. The number of benzene rings is 2. The minimum atomic E-state index is -0.343. The van der Waals surface area contributed by atoms with E-state index in [1.54, 1.807) is 31.6 Å². The number of nitriles is 1. The molecule has 2 aromatic rings. The highest BCUT2D eigenvalue weighted by Crippen LogP contribution is 2.44. The number of rotatable bonds is 4. The Balaban J connectivity index is 1.74. The van der Waals surface area contributed by atoms with E-state index >= 15 is 0 Å². The smallest absolute Gasteiger partial charge is 0.235 e. The van der Waals surface area contributed by atoms with Crippen LogP contribution in [0.4, 0.5) is 0 Å². The normalized spacial score (nSPS) is 19.4. The maximum atomic E-state index is 9.99. The van der Waals surface area contributed by atoms with Gasteiger partial charge in [-0.1, -0.05) is 18.2 Å². The Bertz CT molecular complexity index is 1020. The molecule has 2 aromatic carbocycles. The van der Waals surface area contributed by atoms with Gasteiger partial charge in [-0.15, -0.1) is 0 Å². The zero-order valence-electron chi connectivity index (χ0n) is 17.1. The van der Waals surface area contributed by atoms with Gasteiger partial charge in [-0.3, -0.25) is 0 Å². The van der Waals surface area contributed by atoms with Crippen LogP contribution in [0.2, 0.25) is 0 Å². The Morgan fingerprint density at radius 1 is 1.17 bits per heavy atom. The van der Waals surface area contributed by atoms with Crippen molar-refractivity contribution in [3.05, 3.63) is 65.0 Å². The second-order valence-corrected chi connectivity index (χ2v) is 7.44. The van der Waals surface area contributed by atoms with Crippen LogP contribution >= 0.6 is 0 Å². The SMILES string of the molecule is COc1ccc([C@H]2C(C#N)=C(N=CN3CCN(C)CC3)Oc3cc(O)ccc32)cc1. The van der Waals surface area contributed by atoms with Crippen molar-refractivity contribution in [2.75, 3.05) is 40.3 Å². The number of aromatic hydroxyl groups is 1. The second kappa shape index (κ2) is 8.47. The number of phenols is 1. The monoisotopic (exact) mass is 404 g/mol. The molecule has 2 aliphatic rings. The van der Waals surface area contributed by atoms with Crippen LogP contribution in [-0.2, 0) is 0 Å². The number of piperazine rings is 1. The highest BCUT2D eigenvalue weighted by atomic mass is 16.5. The van der Waals surface area contributed by atoms with Crippen LogP contribution in [-0.4, -0.2) is 61.6 Å². The molecule has 1 atom stereocenters. The molecule has 7 heteroatoms. The first-order valence-corrected chi connectivity index (χ1v) is 9.85. The van der Waals surface area contributed by atoms with Gasteiger partial charge in [0.1, 0.15) is 28.9 Å². The van der Waals surface area contributed by atoms with Crippen LogP contribution in [0.25, 0.3) is 0 Å². The van der Waals surface area contributed by atoms with Crippen LogP contribution in [0.5, 0.6) is 17.2 Å². The van der Waals surface area contributed by atoms with Gasteiger partial charge in [-0.25, -0.2) is 4.99 Å². The van der Waals surface area contributed by atoms with Crippen molar-refractivity contribution in [3.8, 4) is 23.3 Å². The number of fused-ring (bicyclic) bond motifs is 1. The van der Waals surface area contributed by atoms with Crippen LogP contribution in [0, 0.1) is 11.3 Å². The zero-order chi connectivity index (χ0) is 21.1. The Kier molecular flexibility index (Phi) is 5.59. The number of methoxy groups -OCH3 is 1.